The Morgan fingerprint density at radius 2 is 2.00 bits per heavy atom. The predicted octanol–water partition coefficient (Wildman–Crippen LogP) is 0.260. The van der Waals surface area contributed by atoms with E-state index in [1.54, 1.807) is 0 Å². The summed E-state index contributed by atoms with van der Waals surface area (Å²) in [6.07, 6.45) is 3.98. The van der Waals surface area contributed by atoms with Gasteiger partial charge in [-0.2, -0.15) is 0 Å². The molecule has 0 atom stereocenters. The van der Waals surface area contributed by atoms with Crippen molar-refractivity contribution in [1.29, 1.82) is 0 Å². The average molecular weight is 263 g/mol. The van der Waals surface area contributed by atoms with Crippen LogP contribution >= 0.6 is 0 Å². The second-order valence-corrected chi connectivity index (χ2v) is 7.23. The summed E-state index contributed by atoms with van der Waals surface area (Å²) in [6.45, 7) is 3.95. The Morgan fingerprint density at radius 1 is 1.29 bits per heavy atom. The first-order valence-corrected chi connectivity index (χ1v) is 8.23. The van der Waals surface area contributed by atoms with Crippen molar-refractivity contribution in [3.8, 4) is 0 Å². The lowest BCUT2D eigenvalue weighted by Gasteiger charge is -2.38. The quantitative estimate of drug-likeness (QED) is 0.728. The van der Waals surface area contributed by atoms with Crippen LogP contribution in [0.15, 0.2) is 0 Å². The number of hydrogen-bond donors (Lipinski definition) is 0. The lowest BCUT2D eigenvalue weighted by molar-refractivity contribution is -0.189. The fourth-order valence-corrected chi connectivity index (χ4v) is 3.20. The Hall–Kier alpha value is -0.170. The van der Waals surface area contributed by atoms with Gasteiger partial charge in [-0.05, 0) is 25.9 Å². The smallest absolute Gasteiger partial charge is 0.181 e. The minimum absolute atomic E-state index is 0.262. The zero-order valence-electron chi connectivity index (χ0n) is 10.4. The van der Waals surface area contributed by atoms with Crippen LogP contribution in [0.5, 0.6) is 0 Å². The molecule has 0 saturated carbocycles. The van der Waals surface area contributed by atoms with Crippen molar-refractivity contribution in [2.75, 3.05) is 44.9 Å². The molecule has 0 bridgehead atoms. The number of piperidine rings is 1. The van der Waals surface area contributed by atoms with Gasteiger partial charge in [0, 0.05) is 12.7 Å². The van der Waals surface area contributed by atoms with Crippen LogP contribution in [0.2, 0.25) is 0 Å². The summed E-state index contributed by atoms with van der Waals surface area (Å²) >= 11 is 0. The molecule has 5 nitrogen and oxygen atoms in total. The lowest BCUT2D eigenvalue weighted by atomic mass is 10.0. The zero-order valence-corrected chi connectivity index (χ0v) is 11.2. The summed E-state index contributed by atoms with van der Waals surface area (Å²) in [4.78, 5) is 2.25. The summed E-state index contributed by atoms with van der Waals surface area (Å²) in [6, 6.07) is 0. The highest BCUT2D eigenvalue weighted by atomic mass is 32.2. The summed E-state index contributed by atoms with van der Waals surface area (Å²) in [5.41, 5.74) is 0. The van der Waals surface area contributed by atoms with E-state index in [0.29, 0.717) is 19.6 Å². The maximum atomic E-state index is 11.1. The first kappa shape index (κ1) is 13.3. The molecule has 17 heavy (non-hydrogen) atoms. The van der Waals surface area contributed by atoms with Crippen molar-refractivity contribution >= 4 is 9.84 Å². The first-order chi connectivity index (χ1) is 7.99. The van der Waals surface area contributed by atoms with E-state index in [-0.39, 0.29) is 5.75 Å². The van der Waals surface area contributed by atoms with E-state index >= 15 is 0 Å². The predicted molar refractivity (Wildman–Crippen MR) is 64.6 cm³/mol. The van der Waals surface area contributed by atoms with Gasteiger partial charge in [0.2, 0.25) is 0 Å². The van der Waals surface area contributed by atoms with E-state index in [0.717, 1.165) is 32.5 Å². The van der Waals surface area contributed by atoms with Gasteiger partial charge in [0.25, 0.3) is 0 Å². The van der Waals surface area contributed by atoms with Crippen LogP contribution < -0.4 is 0 Å². The third-order valence-electron chi connectivity index (χ3n) is 3.30. The van der Waals surface area contributed by atoms with Crippen molar-refractivity contribution < 1.29 is 17.9 Å². The van der Waals surface area contributed by atoms with Gasteiger partial charge in [-0.1, -0.05) is 0 Å². The van der Waals surface area contributed by atoms with Crippen LogP contribution in [0.4, 0.5) is 0 Å². The normalized spacial score (nSPS) is 25.5. The highest BCUT2D eigenvalue weighted by Crippen LogP contribution is 2.29. The van der Waals surface area contributed by atoms with E-state index < -0.39 is 15.6 Å². The van der Waals surface area contributed by atoms with Crippen LogP contribution in [0.25, 0.3) is 0 Å². The molecule has 0 aromatic rings. The number of hydrogen-bond acceptors (Lipinski definition) is 5. The number of rotatable bonds is 4. The van der Waals surface area contributed by atoms with Crippen LogP contribution in [-0.4, -0.2) is 64.0 Å². The van der Waals surface area contributed by atoms with Gasteiger partial charge in [0.1, 0.15) is 9.84 Å². The fraction of sp³-hybridized carbons (Fsp3) is 1.00. The number of nitrogens with zero attached hydrogens (tertiary/aromatic N) is 1. The van der Waals surface area contributed by atoms with Crippen LogP contribution in [-0.2, 0) is 19.3 Å². The molecule has 0 amide bonds. The third-order valence-corrected chi connectivity index (χ3v) is 4.33. The number of likely N-dealkylation sites (tertiary alicyclic amines) is 1. The molecule has 0 aromatic heterocycles. The topological polar surface area (TPSA) is 55.8 Å². The monoisotopic (exact) mass is 263 g/mol. The molecular weight excluding hydrogens is 242 g/mol. The van der Waals surface area contributed by atoms with Crippen molar-refractivity contribution in [1.82, 2.24) is 4.90 Å². The number of sulfone groups is 1. The van der Waals surface area contributed by atoms with E-state index in [1.807, 2.05) is 0 Å². The molecule has 2 rings (SSSR count). The highest BCUT2D eigenvalue weighted by Gasteiger charge is 2.40. The molecular formula is C11H21NO4S. The molecule has 1 spiro atoms. The summed E-state index contributed by atoms with van der Waals surface area (Å²) < 4.78 is 33.5. The molecule has 2 aliphatic heterocycles. The maximum Gasteiger partial charge on any atom is 0.181 e. The van der Waals surface area contributed by atoms with Crippen molar-refractivity contribution in [2.24, 2.45) is 0 Å². The second kappa shape index (κ2) is 5.22. The molecule has 0 radical (unpaired) electrons. The lowest BCUT2D eigenvalue weighted by Crippen LogP contribution is -2.49. The zero-order chi connectivity index (χ0) is 12.4. The molecule has 0 aliphatic carbocycles. The molecule has 0 unspecified atom stereocenters. The minimum atomic E-state index is -2.84. The molecule has 2 saturated heterocycles. The Balaban J connectivity index is 1.78. The molecule has 6 heteroatoms. The Kier molecular flexibility index (Phi) is 4.07. The molecule has 0 aromatic carbocycles. The van der Waals surface area contributed by atoms with Gasteiger partial charge in [-0.15, -0.1) is 0 Å². The SMILES string of the molecule is CS(=O)(=O)CCCN1CCCC2(C1)OCCO2. The highest BCUT2D eigenvalue weighted by molar-refractivity contribution is 7.90. The molecule has 0 N–H and O–H groups in total. The molecule has 2 heterocycles. The van der Waals surface area contributed by atoms with Crippen LogP contribution in [0.1, 0.15) is 19.3 Å². The largest absolute Gasteiger partial charge is 0.346 e. The van der Waals surface area contributed by atoms with Gasteiger partial charge in [0.15, 0.2) is 5.79 Å². The van der Waals surface area contributed by atoms with E-state index in [9.17, 15) is 8.42 Å². The second-order valence-electron chi connectivity index (χ2n) is 4.97. The van der Waals surface area contributed by atoms with Crippen molar-refractivity contribution in [3.05, 3.63) is 0 Å². The standard InChI is InChI=1S/C11H21NO4S/c1-17(13,14)9-3-6-12-5-2-4-11(10-12)15-7-8-16-11/h2-10H2,1H3. The molecule has 100 valence electrons. The van der Waals surface area contributed by atoms with Gasteiger partial charge < -0.3 is 9.47 Å². The Bertz CT molecular complexity index is 348. The van der Waals surface area contributed by atoms with Crippen LogP contribution in [0.3, 0.4) is 0 Å². The van der Waals surface area contributed by atoms with E-state index in [2.05, 4.69) is 4.90 Å². The average Bonchev–Trinajstić information content (AvgIpc) is 2.64. The fourth-order valence-electron chi connectivity index (χ4n) is 2.54. The van der Waals surface area contributed by atoms with Gasteiger partial charge >= 0.3 is 0 Å². The molecule has 2 fully saturated rings. The first-order valence-electron chi connectivity index (χ1n) is 6.17. The Morgan fingerprint density at radius 3 is 2.65 bits per heavy atom. The summed E-state index contributed by atoms with van der Waals surface area (Å²) in [5.74, 6) is -0.137. The van der Waals surface area contributed by atoms with Crippen molar-refractivity contribution in [3.63, 3.8) is 0 Å². The van der Waals surface area contributed by atoms with Crippen LogP contribution in [0, 0.1) is 0 Å². The van der Waals surface area contributed by atoms with E-state index in [4.69, 9.17) is 9.47 Å². The Labute approximate surface area is 103 Å². The summed E-state index contributed by atoms with van der Waals surface area (Å²) in [7, 11) is -2.84. The van der Waals surface area contributed by atoms with Gasteiger partial charge in [-0.3, -0.25) is 4.90 Å². The summed E-state index contributed by atoms with van der Waals surface area (Å²) in [5, 5.41) is 0. The van der Waals surface area contributed by atoms with Crippen molar-refractivity contribution in [2.45, 2.75) is 25.0 Å². The number of ether oxygens (including phenoxy) is 2. The third kappa shape index (κ3) is 3.91. The molecule has 2 aliphatic rings. The van der Waals surface area contributed by atoms with Gasteiger partial charge in [-0.25, -0.2) is 8.42 Å². The minimum Gasteiger partial charge on any atom is -0.346 e. The van der Waals surface area contributed by atoms with Gasteiger partial charge in [0.05, 0.1) is 25.5 Å². The maximum absolute atomic E-state index is 11.1. The van der Waals surface area contributed by atoms with E-state index in [1.165, 1.54) is 6.26 Å².